The predicted octanol–water partition coefficient (Wildman–Crippen LogP) is -0.973. The summed E-state index contributed by atoms with van der Waals surface area (Å²) in [7, 11) is 0. The maximum atomic E-state index is 15.5. The fourth-order valence-electron chi connectivity index (χ4n) is 4.85. The minimum atomic E-state index is -3.81. The maximum absolute atomic E-state index is 15.5. The zero-order chi connectivity index (χ0) is 29.8. The number of hydrogen-bond donors (Lipinski definition) is 5. The van der Waals surface area contributed by atoms with E-state index in [0.29, 0.717) is 0 Å². The van der Waals surface area contributed by atoms with E-state index in [2.05, 4.69) is 29.9 Å². The molecule has 0 saturated carbocycles. The van der Waals surface area contributed by atoms with Crippen molar-refractivity contribution in [3.63, 3.8) is 0 Å². The fourth-order valence-corrected chi connectivity index (χ4v) is 6.03. The summed E-state index contributed by atoms with van der Waals surface area (Å²) in [4.78, 5) is 44.8. The van der Waals surface area contributed by atoms with E-state index in [1.54, 1.807) is 0 Å². The van der Waals surface area contributed by atoms with Crippen molar-refractivity contribution in [1.29, 1.82) is 0 Å². The summed E-state index contributed by atoms with van der Waals surface area (Å²) in [6, 6.07) is 0. The lowest BCUT2D eigenvalue weighted by Gasteiger charge is -2.23. The molecule has 6 heterocycles. The van der Waals surface area contributed by atoms with E-state index in [1.807, 2.05) is 0 Å². The van der Waals surface area contributed by atoms with Crippen molar-refractivity contribution in [3.8, 4) is 0 Å². The second-order valence-corrected chi connectivity index (χ2v) is 13.0. The Morgan fingerprint density at radius 3 is 2.50 bits per heavy atom. The zero-order valence-corrected chi connectivity index (χ0v) is 23.0. The number of anilines is 1. The largest absolute Gasteiger partial charge is 0.394 e. The topological polar surface area (TPSA) is 231 Å². The number of alkyl halides is 2. The SMILES string of the molecule is Nc1ncnc2c1ncn2[C@@H]1O[C@H](CO)[C@@H](OCP(O)(=S)OC[C@H]2O[C@@H](n3cnc4c(=O)[nH]cnc43)[C@H](O)[C@@H]2F)[C@H]1F. The molecule has 2 saturated heterocycles. The van der Waals surface area contributed by atoms with Gasteiger partial charge in [0.2, 0.25) is 6.49 Å². The predicted molar refractivity (Wildman–Crippen MR) is 141 cm³/mol. The van der Waals surface area contributed by atoms with Crippen molar-refractivity contribution in [2.45, 2.75) is 49.2 Å². The number of nitrogens with one attached hydrogen (secondary N) is 1. The Morgan fingerprint density at radius 2 is 1.74 bits per heavy atom. The molecule has 0 spiro atoms. The summed E-state index contributed by atoms with van der Waals surface area (Å²) in [6.45, 7) is -5.02. The van der Waals surface area contributed by atoms with Crippen LogP contribution in [0.2, 0.25) is 0 Å². The average molecular weight is 632 g/mol. The highest BCUT2D eigenvalue weighted by atomic mass is 32.5. The number of halogens is 2. The van der Waals surface area contributed by atoms with Crippen molar-refractivity contribution in [2.24, 2.45) is 0 Å². The molecule has 4 aromatic rings. The van der Waals surface area contributed by atoms with Gasteiger partial charge in [-0.25, -0.2) is 33.7 Å². The van der Waals surface area contributed by atoms with E-state index < -0.39 is 80.8 Å². The van der Waals surface area contributed by atoms with Crippen LogP contribution in [0.1, 0.15) is 12.5 Å². The molecule has 4 aromatic heterocycles. The minimum absolute atomic E-state index is 0.0319. The fraction of sp³-hybridized carbons (Fsp3) is 0.524. The Kier molecular flexibility index (Phi) is 7.75. The van der Waals surface area contributed by atoms with Gasteiger partial charge in [0.1, 0.15) is 42.6 Å². The Balaban J connectivity index is 1.09. The first kappa shape index (κ1) is 29.0. The Morgan fingerprint density at radius 1 is 1.05 bits per heavy atom. The van der Waals surface area contributed by atoms with Crippen molar-refractivity contribution in [1.82, 2.24) is 39.0 Å². The molecular formula is C21H24F2N9O8PS. The highest BCUT2D eigenvalue weighted by molar-refractivity contribution is 8.09. The molecule has 21 heteroatoms. The Labute approximate surface area is 238 Å². The standard InChI is InChI=1S/C21H24F2N9O8PS/c22-10-9(40-21(14(10)34)32-6-30-13-18(32)27-4-28-19(13)35)2-38-41(36,42)7-37-15-8(1-33)39-20(11(15)23)31-5-29-12-16(24)25-3-26-17(12)31/h3-6,8-11,14-15,20-21,33-34H,1-2,7H2,(H,36,42)(H2,24,25,26)(H,27,28,35)/t8-,9-,10-,11-,14-,15-,20-,21-,41?/m1/s1. The van der Waals surface area contributed by atoms with Gasteiger partial charge < -0.3 is 44.6 Å². The molecule has 2 fully saturated rings. The number of hydrogen-bond acceptors (Lipinski definition) is 14. The number of nitrogens with two attached hydrogens (primary N) is 1. The van der Waals surface area contributed by atoms with Gasteiger partial charge in [-0.15, -0.1) is 0 Å². The van der Waals surface area contributed by atoms with Gasteiger partial charge in [-0.3, -0.25) is 13.9 Å². The van der Waals surface area contributed by atoms with Crippen LogP contribution in [0.5, 0.6) is 0 Å². The van der Waals surface area contributed by atoms with E-state index in [-0.39, 0.29) is 28.1 Å². The zero-order valence-electron chi connectivity index (χ0n) is 21.3. The number of aromatic nitrogens is 8. The van der Waals surface area contributed by atoms with Crippen LogP contribution in [0.4, 0.5) is 14.6 Å². The molecule has 0 aromatic carbocycles. The number of fused-ring (bicyclic) bond motifs is 2. The quantitative estimate of drug-likeness (QED) is 0.140. The number of aliphatic hydroxyl groups excluding tert-OH is 2. The molecule has 0 bridgehead atoms. The second kappa shape index (κ2) is 11.2. The van der Waals surface area contributed by atoms with Gasteiger partial charge in [0, 0.05) is 0 Å². The smallest absolute Gasteiger partial charge is 0.278 e. The lowest BCUT2D eigenvalue weighted by molar-refractivity contribution is -0.0569. The number of nitrogens with zero attached hydrogens (tertiary/aromatic N) is 7. The molecule has 6 N–H and O–H groups in total. The molecule has 0 radical (unpaired) electrons. The third-order valence-electron chi connectivity index (χ3n) is 6.91. The first-order chi connectivity index (χ1) is 20.1. The van der Waals surface area contributed by atoms with Gasteiger partial charge in [0.15, 0.2) is 47.4 Å². The molecule has 6 rings (SSSR count). The second-order valence-electron chi connectivity index (χ2n) is 9.52. The molecular weight excluding hydrogens is 607 g/mol. The van der Waals surface area contributed by atoms with Gasteiger partial charge in [-0.1, -0.05) is 0 Å². The normalized spacial score (nSPS) is 31.3. The van der Waals surface area contributed by atoms with Crippen molar-refractivity contribution >= 4 is 46.4 Å². The van der Waals surface area contributed by atoms with E-state index in [1.165, 1.54) is 28.1 Å². The van der Waals surface area contributed by atoms with E-state index in [9.17, 15) is 24.3 Å². The number of H-pyrrole nitrogens is 1. The summed E-state index contributed by atoms with van der Waals surface area (Å²) >= 11 is 5.11. The number of aliphatic hydroxyl groups is 2. The van der Waals surface area contributed by atoms with Crippen LogP contribution in [0.25, 0.3) is 22.3 Å². The number of imidazole rings is 2. The maximum Gasteiger partial charge on any atom is 0.278 e. The summed E-state index contributed by atoms with van der Waals surface area (Å²) < 4.78 is 55.1. The third kappa shape index (κ3) is 5.07. The number of ether oxygens (including phenoxy) is 3. The highest BCUT2D eigenvalue weighted by Gasteiger charge is 2.49. The van der Waals surface area contributed by atoms with Crippen LogP contribution < -0.4 is 11.3 Å². The van der Waals surface area contributed by atoms with E-state index in [0.717, 1.165) is 6.33 Å². The van der Waals surface area contributed by atoms with Crippen LogP contribution >= 0.6 is 6.49 Å². The van der Waals surface area contributed by atoms with Crippen molar-refractivity contribution in [2.75, 3.05) is 25.3 Å². The lowest BCUT2D eigenvalue weighted by Crippen LogP contribution is -2.34. The molecule has 17 nitrogen and oxygen atoms in total. The lowest BCUT2D eigenvalue weighted by atomic mass is 10.1. The first-order valence-electron chi connectivity index (χ1n) is 12.4. The summed E-state index contributed by atoms with van der Waals surface area (Å²) in [5, 5.41) is 20.2. The van der Waals surface area contributed by atoms with Crippen molar-refractivity contribution in [3.05, 3.63) is 35.7 Å². The van der Waals surface area contributed by atoms with Crippen LogP contribution in [-0.4, -0.2) is 110 Å². The summed E-state index contributed by atoms with van der Waals surface area (Å²) in [6.07, 6.45) is -7.93. The van der Waals surface area contributed by atoms with E-state index >= 15 is 4.39 Å². The van der Waals surface area contributed by atoms with Gasteiger partial charge in [0.25, 0.3) is 5.56 Å². The molecule has 0 aliphatic carbocycles. The molecule has 2 aliphatic heterocycles. The monoisotopic (exact) mass is 631 g/mol. The summed E-state index contributed by atoms with van der Waals surface area (Å²) in [5.41, 5.74) is 5.72. The van der Waals surface area contributed by atoms with Crippen LogP contribution in [0.15, 0.2) is 30.1 Å². The molecule has 42 heavy (non-hydrogen) atoms. The van der Waals surface area contributed by atoms with E-state index in [4.69, 9.17) is 36.3 Å². The summed E-state index contributed by atoms with van der Waals surface area (Å²) in [5.74, 6) is 0.0858. The van der Waals surface area contributed by atoms with Gasteiger partial charge in [-0.05, 0) is 11.8 Å². The van der Waals surface area contributed by atoms with Crippen molar-refractivity contribution < 1.29 is 42.6 Å². The Hall–Kier alpha value is -3.07. The molecule has 2 aliphatic rings. The molecule has 1 unspecified atom stereocenters. The first-order valence-corrected chi connectivity index (χ1v) is 15.2. The van der Waals surface area contributed by atoms with Crippen LogP contribution in [-0.2, 0) is 30.5 Å². The number of nitrogen functional groups attached to an aromatic ring is 1. The Bertz CT molecular complexity index is 1710. The van der Waals surface area contributed by atoms with Crippen LogP contribution in [0.3, 0.4) is 0 Å². The number of aromatic amines is 1. The van der Waals surface area contributed by atoms with Gasteiger partial charge >= 0.3 is 0 Å². The average Bonchev–Trinajstić information content (AvgIpc) is 3.72. The molecule has 9 atom stereocenters. The molecule has 226 valence electrons. The molecule has 0 amide bonds. The van der Waals surface area contributed by atoms with Gasteiger partial charge in [0.05, 0.1) is 32.2 Å². The minimum Gasteiger partial charge on any atom is -0.394 e. The van der Waals surface area contributed by atoms with Crippen LogP contribution in [0, 0.1) is 0 Å². The number of rotatable bonds is 9. The van der Waals surface area contributed by atoms with Gasteiger partial charge in [-0.2, -0.15) is 0 Å². The highest BCUT2D eigenvalue weighted by Crippen LogP contribution is 2.46. The third-order valence-corrected chi connectivity index (χ3v) is 8.57.